The van der Waals surface area contributed by atoms with Crippen LogP contribution in [0.4, 0.5) is 0 Å². The number of fused-ring (bicyclic) bond motifs is 5. The Morgan fingerprint density at radius 2 is 1.17 bits per heavy atom. The van der Waals surface area contributed by atoms with Crippen molar-refractivity contribution >= 4 is 46.4 Å². The second-order valence-corrected chi connectivity index (χ2v) is 6.73. The minimum atomic E-state index is 0.384. The van der Waals surface area contributed by atoms with E-state index in [1.807, 2.05) is 0 Å². The van der Waals surface area contributed by atoms with E-state index in [4.69, 9.17) is 46.4 Å². The van der Waals surface area contributed by atoms with Gasteiger partial charge >= 0.3 is 0 Å². The molecular formula is C14H12Cl4. The second kappa shape index (κ2) is 4.31. The number of benzene rings is 1. The fourth-order valence-corrected chi connectivity index (χ4v) is 4.68. The van der Waals surface area contributed by atoms with Gasteiger partial charge in [-0.15, -0.1) is 0 Å². The Balaban J connectivity index is 2.36. The molecule has 0 aromatic heterocycles. The highest BCUT2D eigenvalue weighted by Crippen LogP contribution is 2.63. The minimum Gasteiger partial charge on any atom is -0.0823 e. The van der Waals surface area contributed by atoms with Crippen LogP contribution in [0.5, 0.6) is 0 Å². The molecule has 2 atom stereocenters. The lowest BCUT2D eigenvalue weighted by Gasteiger charge is -2.19. The Bertz CT molecular complexity index is 537. The van der Waals surface area contributed by atoms with Gasteiger partial charge in [0.2, 0.25) is 0 Å². The van der Waals surface area contributed by atoms with Gasteiger partial charge in [0.1, 0.15) is 0 Å². The van der Waals surface area contributed by atoms with Gasteiger partial charge in [-0.25, -0.2) is 0 Å². The Morgan fingerprint density at radius 1 is 0.778 bits per heavy atom. The molecule has 2 bridgehead atoms. The molecule has 0 spiro atoms. The molecule has 0 amide bonds. The van der Waals surface area contributed by atoms with Crippen LogP contribution in [-0.4, -0.2) is 0 Å². The van der Waals surface area contributed by atoms with Crippen LogP contribution in [0.25, 0.3) is 0 Å². The third-order valence-corrected chi connectivity index (χ3v) is 5.94. The van der Waals surface area contributed by atoms with Crippen molar-refractivity contribution in [1.29, 1.82) is 0 Å². The lowest BCUT2D eigenvalue weighted by molar-refractivity contribution is 0.718. The average Bonchev–Trinajstić information content (AvgIpc) is 2.88. The molecule has 0 N–H and O–H groups in total. The normalized spacial score (nSPS) is 24.7. The van der Waals surface area contributed by atoms with E-state index in [9.17, 15) is 0 Å². The number of hydrogen-bond acceptors (Lipinski definition) is 0. The summed E-state index contributed by atoms with van der Waals surface area (Å²) in [6.07, 6.45) is 2.26. The molecule has 1 aromatic carbocycles. The first kappa shape index (κ1) is 13.1. The zero-order valence-corrected chi connectivity index (χ0v) is 13.1. The van der Waals surface area contributed by atoms with Crippen LogP contribution in [0.3, 0.4) is 0 Å². The van der Waals surface area contributed by atoms with Crippen molar-refractivity contribution in [2.45, 2.75) is 38.5 Å². The summed E-state index contributed by atoms with van der Waals surface area (Å²) in [5, 5.41) is 1.96. The van der Waals surface area contributed by atoms with Crippen molar-refractivity contribution < 1.29 is 0 Å². The van der Waals surface area contributed by atoms with Gasteiger partial charge in [-0.3, -0.25) is 0 Å². The maximum Gasteiger partial charge on any atom is 0.0796 e. The third kappa shape index (κ3) is 1.53. The van der Waals surface area contributed by atoms with Gasteiger partial charge in [-0.05, 0) is 37.8 Å². The minimum absolute atomic E-state index is 0.384. The van der Waals surface area contributed by atoms with Crippen LogP contribution in [0.2, 0.25) is 20.1 Å². The number of hydrogen-bond donors (Lipinski definition) is 0. The summed E-state index contributed by atoms with van der Waals surface area (Å²) in [5.41, 5.74) is 5.05. The fraction of sp³-hybridized carbons (Fsp3) is 0.429. The lowest BCUT2D eigenvalue weighted by atomic mass is 9.91. The van der Waals surface area contributed by atoms with Gasteiger partial charge in [0.25, 0.3) is 0 Å². The zero-order valence-electron chi connectivity index (χ0n) is 10.1. The van der Waals surface area contributed by atoms with Gasteiger partial charge in [-0.1, -0.05) is 57.5 Å². The van der Waals surface area contributed by atoms with Crippen molar-refractivity contribution in [3.8, 4) is 0 Å². The smallest absolute Gasteiger partial charge is 0.0796 e. The molecule has 0 heterocycles. The lowest BCUT2D eigenvalue weighted by Crippen LogP contribution is -2.01. The summed E-state index contributed by atoms with van der Waals surface area (Å²) in [5.74, 6) is 0.768. The Morgan fingerprint density at radius 3 is 1.50 bits per heavy atom. The Labute approximate surface area is 127 Å². The summed E-state index contributed by atoms with van der Waals surface area (Å²) in [7, 11) is 0. The van der Waals surface area contributed by atoms with Crippen LogP contribution in [0.15, 0.2) is 11.1 Å². The first-order chi connectivity index (χ1) is 8.45. The standard InChI is InChI=1S/C14H12Cl4/c1-5(2)8-6-3-4-7(8)10-9(6)11(15)13(17)14(18)12(10)16/h6-7H,3-4H2,1-2H3. The SMILES string of the molecule is CC(C)=C1C2CCC1c1c(Cl)c(Cl)c(Cl)c(Cl)c12. The van der Waals surface area contributed by atoms with Crippen LogP contribution < -0.4 is 0 Å². The van der Waals surface area contributed by atoms with E-state index in [2.05, 4.69) is 13.8 Å². The molecule has 2 aliphatic carbocycles. The van der Waals surface area contributed by atoms with E-state index < -0.39 is 0 Å². The molecule has 0 nitrogen and oxygen atoms in total. The van der Waals surface area contributed by atoms with E-state index in [0.29, 0.717) is 31.9 Å². The maximum absolute atomic E-state index is 6.38. The molecule has 0 aliphatic heterocycles. The van der Waals surface area contributed by atoms with Crippen molar-refractivity contribution in [1.82, 2.24) is 0 Å². The number of rotatable bonds is 0. The van der Waals surface area contributed by atoms with Gasteiger partial charge in [0.05, 0.1) is 20.1 Å². The van der Waals surface area contributed by atoms with Crippen LogP contribution in [-0.2, 0) is 0 Å². The fourth-order valence-electron chi connectivity index (χ4n) is 3.53. The van der Waals surface area contributed by atoms with Gasteiger partial charge < -0.3 is 0 Å². The van der Waals surface area contributed by atoms with E-state index >= 15 is 0 Å². The summed E-state index contributed by atoms with van der Waals surface area (Å²) in [4.78, 5) is 0. The zero-order chi connectivity index (χ0) is 13.2. The third-order valence-electron chi connectivity index (χ3n) is 4.11. The van der Waals surface area contributed by atoms with Gasteiger partial charge in [0.15, 0.2) is 0 Å². The highest BCUT2D eigenvalue weighted by Gasteiger charge is 2.45. The molecule has 1 aromatic rings. The molecule has 0 radical (unpaired) electrons. The van der Waals surface area contributed by atoms with Crippen molar-refractivity contribution in [2.24, 2.45) is 0 Å². The summed E-state index contributed by atoms with van der Waals surface area (Å²) < 4.78 is 0. The Hall–Kier alpha value is 0.120. The van der Waals surface area contributed by atoms with E-state index in [1.54, 1.807) is 0 Å². The molecule has 4 heteroatoms. The number of allylic oxidation sites excluding steroid dienone is 2. The molecule has 2 unspecified atom stereocenters. The number of halogens is 4. The summed E-state index contributed by atoms with van der Waals surface area (Å²) in [6.45, 7) is 4.30. The average molecular weight is 322 g/mol. The predicted octanol–water partition coefficient (Wildman–Crippen LogP) is 6.61. The van der Waals surface area contributed by atoms with E-state index in [-0.39, 0.29) is 0 Å². The van der Waals surface area contributed by atoms with Crippen LogP contribution in [0.1, 0.15) is 49.7 Å². The molecular weight excluding hydrogens is 310 g/mol. The largest absolute Gasteiger partial charge is 0.0823 e. The first-order valence-corrected chi connectivity index (χ1v) is 7.49. The van der Waals surface area contributed by atoms with Crippen molar-refractivity contribution in [2.75, 3.05) is 0 Å². The maximum atomic E-state index is 6.38. The monoisotopic (exact) mass is 320 g/mol. The van der Waals surface area contributed by atoms with E-state index in [0.717, 1.165) is 24.0 Å². The molecule has 0 saturated heterocycles. The second-order valence-electron chi connectivity index (χ2n) is 5.22. The van der Waals surface area contributed by atoms with Gasteiger partial charge in [0, 0.05) is 11.8 Å². The van der Waals surface area contributed by atoms with Crippen molar-refractivity contribution in [3.05, 3.63) is 42.4 Å². The highest BCUT2D eigenvalue weighted by atomic mass is 35.5. The highest BCUT2D eigenvalue weighted by molar-refractivity contribution is 6.52. The molecule has 1 fully saturated rings. The summed E-state index contributed by atoms with van der Waals surface area (Å²) in [6, 6.07) is 0. The molecule has 1 saturated carbocycles. The molecule has 2 aliphatic rings. The first-order valence-electron chi connectivity index (χ1n) is 5.98. The van der Waals surface area contributed by atoms with E-state index in [1.165, 1.54) is 11.1 Å². The van der Waals surface area contributed by atoms with Crippen LogP contribution in [0, 0.1) is 0 Å². The van der Waals surface area contributed by atoms with Gasteiger partial charge in [-0.2, -0.15) is 0 Å². The predicted molar refractivity (Wildman–Crippen MR) is 79.6 cm³/mol. The quantitative estimate of drug-likeness (QED) is 0.286. The topological polar surface area (TPSA) is 0 Å². The molecule has 18 heavy (non-hydrogen) atoms. The van der Waals surface area contributed by atoms with Crippen LogP contribution >= 0.6 is 46.4 Å². The Kier molecular flexibility index (Phi) is 3.14. The summed E-state index contributed by atoms with van der Waals surface area (Å²) >= 11 is 25.1. The van der Waals surface area contributed by atoms with Crippen molar-refractivity contribution in [3.63, 3.8) is 0 Å². The molecule has 3 rings (SSSR count). The molecule has 96 valence electrons.